The molecule has 0 unspecified atom stereocenters. The molecule has 0 amide bonds. The molecule has 0 saturated carbocycles. The van der Waals surface area contributed by atoms with Gasteiger partial charge in [-0.25, -0.2) is 4.98 Å². The van der Waals surface area contributed by atoms with Crippen molar-refractivity contribution in [2.24, 2.45) is 7.05 Å². The maximum atomic E-state index is 12.4. The third-order valence-corrected chi connectivity index (χ3v) is 5.64. The van der Waals surface area contributed by atoms with Crippen LogP contribution in [0, 0.1) is 0 Å². The molecule has 0 saturated heterocycles. The second kappa shape index (κ2) is 7.32. The smallest absolute Gasteiger partial charge is 0.261 e. The lowest BCUT2D eigenvalue weighted by Gasteiger charge is -2.10. The average molecular weight is 358 g/mol. The molecule has 0 fully saturated rings. The number of aromatic nitrogens is 2. The highest BCUT2D eigenvalue weighted by molar-refractivity contribution is 7.98. The van der Waals surface area contributed by atoms with Gasteiger partial charge >= 0.3 is 0 Å². The molecule has 0 N–H and O–H groups in total. The van der Waals surface area contributed by atoms with Crippen LogP contribution in [-0.4, -0.2) is 22.9 Å². The molecule has 0 aliphatic rings. The van der Waals surface area contributed by atoms with E-state index in [-0.39, 0.29) is 5.56 Å². The van der Waals surface area contributed by atoms with Crippen molar-refractivity contribution in [2.45, 2.75) is 15.8 Å². The van der Waals surface area contributed by atoms with Crippen LogP contribution in [0.5, 0.6) is 5.75 Å². The molecule has 0 aliphatic heterocycles. The first-order valence-electron chi connectivity index (χ1n) is 7.43. The molecule has 0 spiro atoms. The van der Waals surface area contributed by atoms with E-state index < -0.39 is 0 Å². The van der Waals surface area contributed by atoms with E-state index in [0.717, 1.165) is 27.5 Å². The van der Waals surface area contributed by atoms with Crippen molar-refractivity contribution in [3.8, 4) is 5.75 Å². The number of methoxy groups -OCH3 is 1. The Morgan fingerprint density at radius 1 is 1.21 bits per heavy atom. The average Bonchev–Trinajstić information content (AvgIpc) is 2.63. The highest BCUT2D eigenvalue weighted by Crippen LogP contribution is 2.30. The molecule has 124 valence electrons. The third kappa shape index (κ3) is 3.30. The molecule has 6 heteroatoms. The summed E-state index contributed by atoms with van der Waals surface area (Å²) in [4.78, 5) is 18.2. The van der Waals surface area contributed by atoms with Crippen molar-refractivity contribution in [3.63, 3.8) is 0 Å². The van der Waals surface area contributed by atoms with Crippen LogP contribution in [0.15, 0.2) is 57.3 Å². The lowest BCUT2D eigenvalue weighted by atomic mass is 10.2. The fraction of sp³-hybridized carbons (Fsp3) is 0.222. The third-order valence-electron chi connectivity index (χ3n) is 3.76. The van der Waals surface area contributed by atoms with Gasteiger partial charge in [0.1, 0.15) is 5.75 Å². The van der Waals surface area contributed by atoms with Gasteiger partial charge in [-0.3, -0.25) is 9.36 Å². The van der Waals surface area contributed by atoms with Crippen molar-refractivity contribution < 1.29 is 4.74 Å². The monoisotopic (exact) mass is 358 g/mol. The molecular weight excluding hydrogens is 340 g/mol. The minimum atomic E-state index is -0.0154. The standard InChI is InChI=1S/C18H18N2O2S2/c1-20-17(21)13-6-4-5-7-14(13)19-18(20)24-11-12-8-9-16(23-3)15(10-12)22-2/h4-10H,11H2,1-3H3. The number of fused-ring (bicyclic) bond motifs is 1. The van der Waals surface area contributed by atoms with E-state index in [0.29, 0.717) is 10.5 Å². The van der Waals surface area contributed by atoms with Gasteiger partial charge in [-0.05, 0) is 36.1 Å². The Morgan fingerprint density at radius 3 is 2.75 bits per heavy atom. The van der Waals surface area contributed by atoms with Crippen LogP contribution in [0.1, 0.15) is 5.56 Å². The zero-order chi connectivity index (χ0) is 17.1. The van der Waals surface area contributed by atoms with Crippen LogP contribution >= 0.6 is 23.5 Å². The quantitative estimate of drug-likeness (QED) is 0.510. The molecule has 0 bridgehead atoms. The first kappa shape index (κ1) is 16.9. The summed E-state index contributed by atoms with van der Waals surface area (Å²) in [7, 11) is 3.45. The Kier molecular flexibility index (Phi) is 5.16. The largest absolute Gasteiger partial charge is 0.496 e. The van der Waals surface area contributed by atoms with Crippen molar-refractivity contribution in [2.75, 3.05) is 13.4 Å². The molecule has 0 radical (unpaired) electrons. The highest BCUT2D eigenvalue weighted by Gasteiger charge is 2.09. The van der Waals surface area contributed by atoms with Crippen LogP contribution in [0.25, 0.3) is 10.9 Å². The van der Waals surface area contributed by atoms with Crippen molar-refractivity contribution >= 4 is 34.4 Å². The Bertz CT molecular complexity index is 938. The molecule has 0 atom stereocenters. The van der Waals surface area contributed by atoms with Gasteiger partial charge in [0.2, 0.25) is 0 Å². The van der Waals surface area contributed by atoms with Gasteiger partial charge < -0.3 is 4.74 Å². The number of para-hydroxylation sites is 1. The summed E-state index contributed by atoms with van der Waals surface area (Å²) < 4.78 is 7.04. The zero-order valence-electron chi connectivity index (χ0n) is 13.8. The predicted molar refractivity (Wildman–Crippen MR) is 101 cm³/mol. The van der Waals surface area contributed by atoms with Gasteiger partial charge in [0.25, 0.3) is 5.56 Å². The van der Waals surface area contributed by atoms with Crippen LogP contribution in [0.4, 0.5) is 0 Å². The number of thioether (sulfide) groups is 2. The van der Waals surface area contributed by atoms with Crippen LogP contribution in [0.3, 0.4) is 0 Å². The summed E-state index contributed by atoms with van der Waals surface area (Å²) in [6, 6.07) is 13.6. The Labute approximate surface area is 149 Å². The highest BCUT2D eigenvalue weighted by atomic mass is 32.2. The van der Waals surface area contributed by atoms with E-state index in [4.69, 9.17) is 4.74 Å². The lowest BCUT2D eigenvalue weighted by molar-refractivity contribution is 0.404. The fourth-order valence-corrected chi connectivity index (χ4v) is 3.91. The molecular formula is C18H18N2O2S2. The number of nitrogens with zero attached hydrogens (tertiary/aromatic N) is 2. The van der Waals surface area contributed by atoms with E-state index in [1.807, 2.05) is 36.6 Å². The summed E-state index contributed by atoms with van der Waals surface area (Å²) in [6.45, 7) is 0. The minimum absolute atomic E-state index is 0.0154. The van der Waals surface area contributed by atoms with Gasteiger partial charge in [-0.2, -0.15) is 0 Å². The van der Waals surface area contributed by atoms with Crippen LogP contribution in [-0.2, 0) is 12.8 Å². The molecule has 1 aromatic heterocycles. The SMILES string of the molecule is COc1cc(CSc2nc3ccccc3c(=O)n2C)ccc1SC. The van der Waals surface area contributed by atoms with Crippen molar-refractivity contribution in [3.05, 3.63) is 58.4 Å². The molecule has 3 aromatic rings. The van der Waals surface area contributed by atoms with Gasteiger partial charge in [0.05, 0.1) is 18.0 Å². The maximum absolute atomic E-state index is 12.4. The first-order chi connectivity index (χ1) is 11.6. The van der Waals surface area contributed by atoms with Crippen molar-refractivity contribution in [1.29, 1.82) is 0 Å². The molecule has 2 aromatic carbocycles. The number of benzene rings is 2. The maximum Gasteiger partial charge on any atom is 0.261 e. The topological polar surface area (TPSA) is 44.1 Å². The summed E-state index contributed by atoms with van der Waals surface area (Å²) in [5.74, 6) is 1.60. The molecule has 1 heterocycles. The lowest BCUT2D eigenvalue weighted by Crippen LogP contribution is -2.19. The van der Waals surface area contributed by atoms with Crippen LogP contribution in [0.2, 0.25) is 0 Å². The summed E-state index contributed by atoms with van der Waals surface area (Å²) in [6.07, 6.45) is 2.03. The first-order valence-corrected chi connectivity index (χ1v) is 9.64. The summed E-state index contributed by atoms with van der Waals surface area (Å²) in [5.41, 5.74) is 1.86. The molecule has 4 nitrogen and oxygen atoms in total. The van der Waals surface area contributed by atoms with E-state index in [9.17, 15) is 4.79 Å². The summed E-state index contributed by atoms with van der Waals surface area (Å²) >= 11 is 3.21. The second-order valence-corrected chi connectivity index (χ2v) is 7.04. The summed E-state index contributed by atoms with van der Waals surface area (Å²) in [5, 5.41) is 1.36. The number of hydrogen-bond acceptors (Lipinski definition) is 5. The second-order valence-electron chi connectivity index (χ2n) is 5.25. The zero-order valence-corrected chi connectivity index (χ0v) is 15.4. The van der Waals surface area contributed by atoms with E-state index >= 15 is 0 Å². The molecule has 3 rings (SSSR count). The van der Waals surface area contributed by atoms with Gasteiger partial charge in [-0.1, -0.05) is 30.0 Å². The Balaban J connectivity index is 1.88. The van der Waals surface area contributed by atoms with Gasteiger partial charge in [0, 0.05) is 17.7 Å². The normalized spacial score (nSPS) is 11.0. The molecule has 24 heavy (non-hydrogen) atoms. The number of ether oxygens (including phenoxy) is 1. The van der Waals surface area contributed by atoms with Crippen molar-refractivity contribution in [1.82, 2.24) is 9.55 Å². The fourth-order valence-electron chi connectivity index (χ4n) is 2.44. The Morgan fingerprint density at radius 2 is 2.00 bits per heavy atom. The number of hydrogen-bond donors (Lipinski definition) is 0. The minimum Gasteiger partial charge on any atom is -0.496 e. The number of rotatable bonds is 5. The Hall–Kier alpha value is -1.92. The van der Waals surface area contributed by atoms with E-state index in [1.165, 1.54) is 0 Å². The predicted octanol–water partition coefficient (Wildman–Crippen LogP) is 3.96. The molecule has 0 aliphatic carbocycles. The van der Waals surface area contributed by atoms with Crippen LogP contribution < -0.4 is 10.3 Å². The van der Waals surface area contributed by atoms with Gasteiger partial charge in [0.15, 0.2) is 5.16 Å². The van der Waals surface area contributed by atoms with E-state index in [2.05, 4.69) is 17.1 Å². The van der Waals surface area contributed by atoms with E-state index in [1.54, 1.807) is 42.2 Å². The van der Waals surface area contributed by atoms with Gasteiger partial charge in [-0.15, -0.1) is 11.8 Å².